The minimum atomic E-state index is 0.190. The van der Waals surface area contributed by atoms with Crippen molar-refractivity contribution in [2.45, 2.75) is 31.9 Å². The van der Waals surface area contributed by atoms with E-state index in [2.05, 4.69) is 70.6 Å². The molecule has 0 radical (unpaired) electrons. The first kappa shape index (κ1) is 14.6. The fourth-order valence-electron chi connectivity index (χ4n) is 2.46. The van der Waals surface area contributed by atoms with Crippen LogP contribution in [0.25, 0.3) is 0 Å². The molecular weight excluding hydrogens is 326 g/mol. The number of benzene rings is 2. The van der Waals surface area contributed by atoms with Crippen LogP contribution in [0.15, 0.2) is 53.0 Å². The van der Waals surface area contributed by atoms with Gasteiger partial charge in [0.15, 0.2) is 0 Å². The summed E-state index contributed by atoms with van der Waals surface area (Å²) >= 11 is 3.56. The fourth-order valence-corrected chi connectivity index (χ4v) is 2.88. The first-order valence-corrected chi connectivity index (χ1v) is 8.31. The molecule has 21 heavy (non-hydrogen) atoms. The first-order valence-electron chi connectivity index (χ1n) is 7.51. The van der Waals surface area contributed by atoms with E-state index in [0.717, 1.165) is 16.8 Å². The molecule has 1 unspecified atom stereocenters. The van der Waals surface area contributed by atoms with E-state index in [-0.39, 0.29) is 6.04 Å². The Hall–Kier alpha value is -1.32. The number of hydrogen-bond acceptors (Lipinski definition) is 2. The second-order valence-electron chi connectivity index (χ2n) is 5.44. The quantitative estimate of drug-likeness (QED) is 0.819. The van der Waals surface area contributed by atoms with Crippen molar-refractivity contribution in [2.24, 2.45) is 0 Å². The summed E-state index contributed by atoms with van der Waals surface area (Å²) in [5.74, 6) is 0.980. The van der Waals surface area contributed by atoms with Crippen molar-refractivity contribution in [3.63, 3.8) is 0 Å². The predicted molar refractivity (Wildman–Crippen MR) is 89.8 cm³/mol. The van der Waals surface area contributed by atoms with E-state index in [1.54, 1.807) is 0 Å². The normalized spacial score (nSPS) is 15.7. The van der Waals surface area contributed by atoms with Crippen LogP contribution in [-0.2, 0) is 0 Å². The maximum Gasteiger partial charge on any atom is 0.120 e. The zero-order valence-electron chi connectivity index (χ0n) is 12.2. The Morgan fingerprint density at radius 3 is 2.52 bits per heavy atom. The summed E-state index contributed by atoms with van der Waals surface area (Å²) in [4.78, 5) is 0. The monoisotopic (exact) mass is 345 g/mol. The van der Waals surface area contributed by atoms with Gasteiger partial charge in [-0.15, -0.1) is 0 Å². The van der Waals surface area contributed by atoms with Crippen LogP contribution in [0.5, 0.6) is 5.75 Å². The number of nitrogens with one attached hydrogen (secondary N) is 1. The Bertz CT molecular complexity index is 610. The van der Waals surface area contributed by atoms with Crippen molar-refractivity contribution in [3.8, 4) is 5.75 Å². The smallest absolute Gasteiger partial charge is 0.120 e. The van der Waals surface area contributed by atoms with E-state index in [0.29, 0.717) is 6.10 Å². The molecule has 2 aromatic carbocycles. The Morgan fingerprint density at radius 2 is 1.86 bits per heavy atom. The Balaban J connectivity index is 1.88. The van der Waals surface area contributed by atoms with Crippen molar-refractivity contribution in [2.75, 3.05) is 6.54 Å². The van der Waals surface area contributed by atoms with Gasteiger partial charge in [0.2, 0.25) is 0 Å². The highest BCUT2D eigenvalue weighted by atomic mass is 79.9. The summed E-state index contributed by atoms with van der Waals surface area (Å²) in [5, 5.41) is 3.56. The van der Waals surface area contributed by atoms with Crippen LogP contribution in [0.1, 0.15) is 36.9 Å². The molecule has 1 aliphatic rings. The Labute approximate surface area is 134 Å². The van der Waals surface area contributed by atoms with Crippen molar-refractivity contribution in [1.82, 2.24) is 5.32 Å². The third-order valence-electron chi connectivity index (χ3n) is 3.61. The maximum atomic E-state index is 5.92. The van der Waals surface area contributed by atoms with Crippen LogP contribution in [0.3, 0.4) is 0 Å². The second kappa shape index (κ2) is 6.63. The van der Waals surface area contributed by atoms with Gasteiger partial charge in [0.05, 0.1) is 12.1 Å². The van der Waals surface area contributed by atoms with Gasteiger partial charge >= 0.3 is 0 Å². The second-order valence-corrected chi connectivity index (χ2v) is 6.35. The molecule has 1 saturated carbocycles. The van der Waals surface area contributed by atoms with Crippen LogP contribution < -0.4 is 10.1 Å². The topological polar surface area (TPSA) is 21.3 Å². The molecule has 1 fully saturated rings. The predicted octanol–water partition coefficient (Wildman–Crippen LogP) is 4.69. The van der Waals surface area contributed by atoms with Gasteiger partial charge in [-0.3, -0.25) is 0 Å². The van der Waals surface area contributed by atoms with E-state index < -0.39 is 0 Å². The van der Waals surface area contributed by atoms with Gasteiger partial charge in [-0.1, -0.05) is 47.1 Å². The van der Waals surface area contributed by atoms with E-state index in [9.17, 15) is 0 Å². The molecule has 0 bridgehead atoms. The molecular formula is C18H20BrNO. The molecule has 0 aliphatic heterocycles. The van der Waals surface area contributed by atoms with E-state index in [1.807, 2.05) is 6.07 Å². The number of halogens is 1. The molecule has 0 heterocycles. The van der Waals surface area contributed by atoms with Crippen molar-refractivity contribution < 1.29 is 4.74 Å². The lowest BCUT2D eigenvalue weighted by atomic mass is 9.98. The average molecular weight is 346 g/mol. The lowest BCUT2D eigenvalue weighted by molar-refractivity contribution is 0.302. The Morgan fingerprint density at radius 1 is 1.14 bits per heavy atom. The highest BCUT2D eigenvalue weighted by Crippen LogP contribution is 2.30. The molecule has 0 amide bonds. The average Bonchev–Trinajstić information content (AvgIpc) is 3.29. The van der Waals surface area contributed by atoms with Crippen LogP contribution in [-0.4, -0.2) is 12.6 Å². The molecule has 1 aliphatic carbocycles. The first-order chi connectivity index (χ1) is 10.3. The molecule has 3 rings (SSSR count). The van der Waals surface area contributed by atoms with Gasteiger partial charge in [0, 0.05) is 4.47 Å². The van der Waals surface area contributed by atoms with E-state index in [1.165, 1.54) is 24.0 Å². The van der Waals surface area contributed by atoms with Crippen LogP contribution in [0.2, 0.25) is 0 Å². The highest BCUT2D eigenvalue weighted by molar-refractivity contribution is 9.10. The van der Waals surface area contributed by atoms with Crippen molar-refractivity contribution >= 4 is 15.9 Å². The SMILES string of the molecule is CCNC(c1cccc(Br)c1)c1cccc(OC2CC2)c1. The van der Waals surface area contributed by atoms with Gasteiger partial charge in [-0.05, 0) is 54.8 Å². The van der Waals surface area contributed by atoms with E-state index in [4.69, 9.17) is 4.74 Å². The minimum absolute atomic E-state index is 0.190. The van der Waals surface area contributed by atoms with Crippen LogP contribution >= 0.6 is 15.9 Å². The standard InChI is InChI=1S/C18H20BrNO/c1-2-20-18(13-5-3-7-15(19)11-13)14-6-4-8-17(12-14)21-16-9-10-16/h3-8,11-12,16,18,20H,2,9-10H2,1H3. The van der Waals surface area contributed by atoms with Crippen LogP contribution in [0.4, 0.5) is 0 Å². The van der Waals surface area contributed by atoms with Gasteiger partial charge < -0.3 is 10.1 Å². The third-order valence-corrected chi connectivity index (χ3v) is 4.10. The largest absolute Gasteiger partial charge is 0.490 e. The molecule has 1 N–H and O–H groups in total. The number of hydrogen-bond donors (Lipinski definition) is 1. The molecule has 110 valence electrons. The summed E-state index contributed by atoms with van der Waals surface area (Å²) in [6, 6.07) is 17.1. The zero-order chi connectivity index (χ0) is 14.7. The van der Waals surface area contributed by atoms with Gasteiger partial charge in [-0.25, -0.2) is 0 Å². The van der Waals surface area contributed by atoms with Crippen LogP contribution in [0, 0.1) is 0 Å². The van der Waals surface area contributed by atoms with Gasteiger partial charge in [-0.2, -0.15) is 0 Å². The van der Waals surface area contributed by atoms with Gasteiger partial charge in [0.25, 0.3) is 0 Å². The van der Waals surface area contributed by atoms with Gasteiger partial charge in [0.1, 0.15) is 5.75 Å². The highest BCUT2D eigenvalue weighted by Gasteiger charge is 2.24. The number of rotatable bonds is 6. The fraction of sp³-hybridized carbons (Fsp3) is 0.333. The summed E-state index contributed by atoms with van der Waals surface area (Å²) < 4.78 is 7.02. The molecule has 0 saturated heterocycles. The molecule has 2 aromatic rings. The van der Waals surface area contributed by atoms with Crippen molar-refractivity contribution in [3.05, 3.63) is 64.1 Å². The summed E-state index contributed by atoms with van der Waals surface area (Å²) in [5.41, 5.74) is 2.50. The molecule has 2 nitrogen and oxygen atoms in total. The summed E-state index contributed by atoms with van der Waals surface area (Å²) in [6.07, 6.45) is 2.81. The molecule has 1 atom stereocenters. The number of ether oxygens (including phenoxy) is 1. The Kier molecular flexibility index (Phi) is 4.61. The lowest BCUT2D eigenvalue weighted by Gasteiger charge is -2.20. The molecule has 0 spiro atoms. The van der Waals surface area contributed by atoms with E-state index >= 15 is 0 Å². The maximum absolute atomic E-state index is 5.92. The minimum Gasteiger partial charge on any atom is -0.490 e. The summed E-state index contributed by atoms with van der Waals surface area (Å²) in [6.45, 7) is 3.06. The lowest BCUT2D eigenvalue weighted by Crippen LogP contribution is -2.22. The molecule has 3 heteroatoms. The summed E-state index contributed by atoms with van der Waals surface area (Å²) in [7, 11) is 0. The van der Waals surface area contributed by atoms with Crippen molar-refractivity contribution in [1.29, 1.82) is 0 Å². The third kappa shape index (κ3) is 3.86. The molecule has 0 aromatic heterocycles. The zero-order valence-corrected chi connectivity index (χ0v) is 13.8.